The molecule has 1 aromatic rings. The molecule has 0 N–H and O–H groups in total. The Kier molecular flexibility index (Phi) is 3.98. The predicted molar refractivity (Wildman–Crippen MR) is 56.9 cm³/mol. The van der Waals surface area contributed by atoms with Gasteiger partial charge in [-0.05, 0) is 17.7 Å². The van der Waals surface area contributed by atoms with Crippen LogP contribution in [0.5, 0.6) is 5.75 Å². The van der Waals surface area contributed by atoms with Gasteiger partial charge in [-0.25, -0.2) is 0 Å². The summed E-state index contributed by atoms with van der Waals surface area (Å²) < 4.78 is 68.1. The number of rotatable bonds is 4. The van der Waals surface area contributed by atoms with Crippen LogP contribution in [0.4, 0.5) is 22.0 Å². The fourth-order valence-corrected chi connectivity index (χ4v) is 1.48. The zero-order valence-electron chi connectivity index (χ0n) is 9.47. The van der Waals surface area contributed by atoms with E-state index in [0.29, 0.717) is 11.8 Å². The lowest BCUT2D eigenvalue weighted by Crippen LogP contribution is -2.41. The van der Waals surface area contributed by atoms with Crippen LogP contribution in [-0.4, -0.2) is 19.2 Å². The maximum atomic E-state index is 13.2. The molecule has 1 unspecified atom stereocenters. The summed E-state index contributed by atoms with van der Waals surface area (Å²) in [5.74, 6) is -6.61. The van der Waals surface area contributed by atoms with Gasteiger partial charge in [0.1, 0.15) is 5.75 Å². The Bertz CT molecular complexity index is 407. The summed E-state index contributed by atoms with van der Waals surface area (Å²) in [4.78, 5) is 0. The van der Waals surface area contributed by atoms with Gasteiger partial charge in [-0.2, -0.15) is 22.0 Å². The van der Waals surface area contributed by atoms with Crippen molar-refractivity contribution in [1.29, 1.82) is 0 Å². The highest BCUT2D eigenvalue weighted by atomic mass is 19.4. The zero-order chi connectivity index (χ0) is 14.0. The third-order valence-electron chi connectivity index (χ3n) is 2.48. The molecule has 1 atom stereocenters. The highest BCUT2D eigenvalue weighted by molar-refractivity contribution is 5.33. The Morgan fingerprint density at radius 1 is 1.11 bits per heavy atom. The average Bonchev–Trinajstić information content (AvgIpc) is 2.29. The van der Waals surface area contributed by atoms with Crippen LogP contribution in [0.15, 0.2) is 36.9 Å². The van der Waals surface area contributed by atoms with Crippen molar-refractivity contribution in [3.05, 3.63) is 42.5 Å². The van der Waals surface area contributed by atoms with Crippen LogP contribution < -0.4 is 4.74 Å². The van der Waals surface area contributed by atoms with Crippen molar-refractivity contribution in [2.75, 3.05) is 7.11 Å². The van der Waals surface area contributed by atoms with Crippen molar-refractivity contribution in [2.45, 2.75) is 18.0 Å². The lowest BCUT2D eigenvalue weighted by Gasteiger charge is -2.26. The monoisotopic (exact) mass is 266 g/mol. The van der Waals surface area contributed by atoms with E-state index in [1.165, 1.54) is 19.2 Å². The molecule has 0 fully saturated rings. The van der Waals surface area contributed by atoms with Gasteiger partial charge in [0, 0.05) is 0 Å². The first kappa shape index (κ1) is 14.5. The van der Waals surface area contributed by atoms with Gasteiger partial charge >= 0.3 is 12.1 Å². The number of allylic oxidation sites excluding steroid dienone is 1. The van der Waals surface area contributed by atoms with Gasteiger partial charge in [-0.15, -0.1) is 6.58 Å². The van der Waals surface area contributed by atoms with Crippen LogP contribution in [-0.2, 0) is 0 Å². The molecule has 0 radical (unpaired) electrons. The molecule has 1 aromatic carbocycles. The number of benzene rings is 1. The van der Waals surface area contributed by atoms with E-state index < -0.39 is 18.0 Å². The van der Waals surface area contributed by atoms with E-state index in [0.717, 1.165) is 12.1 Å². The third kappa shape index (κ3) is 2.63. The maximum Gasteiger partial charge on any atom is 0.454 e. The molecule has 18 heavy (non-hydrogen) atoms. The quantitative estimate of drug-likeness (QED) is 0.587. The molecule has 0 aromatic heterocycles. The first-order valence-corrected chi connectivity index (χ1v) is 4.95. The summed E-state index contributed by atoms with van der Waals surface area (Å²) in [5, 5.41) is 0. The van der Waals surface area contributed by atoms with Gasteiger partial charge in [0.15, 0.2) is 0 Å². The topological polar surface area (TPSA) is 9.23 Å². The van der Waals surface area contributed by atoms with Crippen molar-refractivity contribution in [1.82, 2.24) is 0 Å². The van der Waals surface area contributed by atoms with Crippen LogP contribution in [0.2, 0.25) is 0 Å². The Hall–Kier alpha value is -1.59. The molecule has 0 bridgehead atoms. The normalized spacial score (nSPS) is 14.1. The van der Waals surface area contributed by atoms with E-state index in [2.05, 4.69) is 6.58 Å². The molecule has 0 aliphatic carbocycles. The van der Waals surface area contributed by atoms with E-state index in [1.54, 1.807) is 0 Å². The number of methoxy groups -OCH3 is 1. The molecular formula is C12H11F5O. The molecule has 0 saturated carbocycles. The number of ether oxygens (including phenoxy) is 1. The summed E-state index contributed by atoms with van der Waals surface area (Å²) in [6.45, 7) is 3.05. The number of halogens is 5. The molecule has 0 spiro atoms. The number of hydrogen-bond donors (Lipinski definition) is 0. The standard InChI is InChI=1S/C12H11F5O/c1-3-10(11(13,14)12(15,16)17)8-4-6-9(18-2)7-5-8/h3-7,10H,1H2,2H3. The number of hydrogen-bond acceptors (Lipinski definition) is 1. The summed E-state index contributed by atoms with van der Waals surface area (Å²) in [7, 11) is 1.37. The van der Waals surface area contributed by atoms with Gasteiger partial charge in [0.2, 0.25) is 0 Å². The van der Waals surface area contributed by atoms with Crippen LogP contribution in [0.3, 0.4) is 0 Å². The summed E-state index contributed by atoms with van der Waals surface area (Å²) in [5.41, 5.74) is -0.173. The van der Waals surface area contributed by atoms with Crippen LogP contribution >= 0.6 is 0 Å². The Labute approximate surface area is 101 Å². The Balaban J connectivity index is 3.13. The largest absolute Gasteiger partial charge is 0.497 e. The molecule has 1 nitrogen and oxygen atoms in total. The Morgan fingerprint density at radius 3 is 1.94 bits per heavy atom. The molecular weight excluding hydrogens is 255 g/mol. The van der Waals surface area contributed by atoms with Crippen LogP contribution in [0, 0.1) is 0 Å². The third-order valence-corrected chi connectivity index (χ3v) is 2.48. The lowest BCUT2D eigenvalue weighted by molar-refractivity contribution is -0.286. The molecule has 1 rings (SSSR count). The van der Waals surface area contributed by atoms with Gasteiger partial charge in [-0.3, -0.25) is 0 Å². The second-order valence-corrected chi connectivity index (χ2v) is 3.61. The average molecular weight is 266 g/mol. The maximum absolute atomic E-state index is 13.2. The minimum atomic E-state index is -5.62. The highest BCUT2D eigenvalue weighted by Crippen LogP contribution is 2.46. The van der Waals surface area contributed by atoms with Gasteiger partial charge in [-0.1, -0.05) is 18.2 Å². The lowest BCUT2D eigenvalue weighted by atomic mass is 9.92. The molecule has 0 heterocycles. The van der Waals surface area contributed by atoms with E-state index in [4.69, 9.17) is 4.74 Å². The molecule has 0 aliphatic heterocycles. The first-order valence-electron chi connectivity index (χ1n) is 4.95. The predicted octanol–water partition coefficient (Wildman–Crippen LogP) is 4.16. The molecule has 0 amide bonds. The molecule has 0 saturated heterocycles. The summed E-state index contributed by atoms with van der Waals surface area (Å²) >= 11 is 0. The van der Waals surface area contributed by atoms with E-state index in [-0.39, 0.29) is 5.56 Å². The molecule has 0 aliphatic rings. The minimum absolute atomic E-state index is 0.173. The van der Waals surface area contributed by atoms with Crippen molar-refractivity contribution in [3.63, 3.8) is 0 Å². The van der Waals surface area contributed by atoms with Gasteiger partial charge < -0.3 is 4.74 Å². The summed E-state index contributed by atoms with van der Waals surface area (Å²) in [6, 6.07) is 4.95. The fourth-order valence-electron chi connectivity index (χ4n) is 1.48. The SMILES string of the molecule is C=CC(c1ccc(OC)cc1)C(F)(F)C(F)(F)F. The smallest absolute Gasteiger partial charge is 0.454 e. The van der Waals surface area contributed by atoms with Crippen molar-refractivity contribution < 1.29 is 26.7 Å². The fraction of sp³-hybridized carbons (Fsp3) is 0.333. The van der Waals surface area contributed by atoms with E-state index in [1.807, 2.05) is 0 Å². The summed E-state index contributed by atoms with van der Waals surface area (Å²) in [6.07, 6.45) is -5.03. The second-order valence-electron chi connectivity index (χ2n) is 3.61. The zero-order valence-corrected chi connectivity index (χ0v) is 9.47. The first-order chi connectivity index (χ1) is 8.24. The van der Waals surface area contributed by atoms with Crippen molar-refractivity contribution >= 4 is 0 Å². The number of alkyl halides is 5. The van der Waals surface area contributed by atoms with Crippen molar-refractivity contribution in [3.8, 4) is 5.75 Å². The molecule has 100 valence electrons. The van der Waals surface area contributed by atoms with Crippen LogP contribution in [0.25, 0.3) is 0 Å². The molecule has 6 heteroatoms. The van der Waals surface area contributed by atoms with Gasteiger partial charge in [0.25, 0.3) is 0 Å². The van der Waals surface area contributed by atoms with Crippen LogP contribution in [0.1, 0.15) is 11.5 Å². The highest BCUT2D eigenvalue weighted by Gasteiger charge is 2.61. The van der Waals surface area contributed by atoms with Gasteiger partial charge in [0.05, 0.1) is 13.0 Å². The van der Waals surface area contributed by atoms with E-state index >= 15 is 0 Å². The Morgan fingerprint density at radius 2 is 1.61 bits per heavy atom. The van der Waals surface area contributed by atoms with Crippen molar-refractivity contribution in [2.24, 2.45) is 0 Å². The minimum Gasteiger partial charge on any atom is -0.497 e. The second kappa shape index (κ2) is 4.96. The van der Waals surface area contributed by atoms with E-state index in [9.17, 15) is 22.0 Å².